The maximum Gasteiger partial charge on any atom is 0.0525 e. The summed E-state index contributed by atoms with van der Waals surface area (Å²) in [7, 11) is 0. The van der Waals surface area contributed by atoms with Crippen molar-refractivity contribution in [1.82, 2.24) is 9.88 Å². The van der Waals surface area contributed by atoms with Gasteiger partial charge < -0.3 is 9.88 Å². The highest BCUT2D eigenvalue weighted by Gasteiger charge is 2.07. The first-order valence-corrected chi connectivity index (χ1v) is 5.41. The minimum atomic E-state index is 0.988. The highest BCUT2D eigenvalue weighted by Crippen LogP contribution is 2.21. The molecule has 0 fully saturated rings. The lowest BCUT2D eigenvalue weighted by molar-refractivity contribution is 0.720. The largest absolute Gasteiger partial charge is 0.321 e. The Morgan fingerprint density at radius 1 is 1.13 bits per heavy atom. The van der Waals surface area contributed by atoms with Gasteiger partial charge in [0, 0.05) is 31.4 Å². The maximum atomic E-state index is 3.33. The minimum Gasteiger partial charge on any atom is -0.321 e. The zero-order valence-electron chi connectivity index (χ0n) is 8.61. The summed E-state index contributed by atoms with van der Waals surface area (Å²) in [6.45, 7) is 2.07. The van der Waals surface area contributed by atoms with Crippen LogP contribution in [0, 0.1) is 0 Å². The van der Waals surface area contributed by atoms with Crippen molar-refractivity contribution in [2.24, 2.45) is 0 Å². The third-order valence-electron chi connectivity index (χ3n) is 2.95. The molecule has 2 heteroatoms. The smallest absolute Gasteiger partial charge is 0.0525 e. The highest BCUT2D eigenvalue weighted by molar-refractivity contribution is 5.83. The van der Waals surface area contributed by atoms with Crippen LogP contribution in [-0.2, 0) is 0 Å². The van der Waals surface area contributed by atoms with Crippen LogP contribution in [0.2, 0.25) is 0 Å². The van der Waals surface area contributed by atoms with E-state index in [4.69, 9.17) is 0 Å². The molecule has 0 saturated heterocycles. The summed E-state index contributed by atoms with van der Waals surface area (Å²) in [6, 6.07) is 10.7. The molecule has 0 spiro atoms. The molecular weight excluding hydrogens is 184 g/mol. The van der Waals surface area contributed by atoms with E-state index in [1.54, 1.807) is 0 Å². The second kappa shape index (κ2) is 3.55. The van der Waals surface area contributed by atoms with Crippen molar-refractivity contribution in [2.75, 3.05) is 13.1 Å². The van der Waals surface area contributed by atoms with E-state index < -0.39 is 0 Å². The molecule has 76 valence electrons. The number of benzene rings is 1. The number of nitrogens with one attached hydrogen (secondary N) is 1. The molecule has 2 aromatic rings. The van der Waals surface area contributed by atoms with Crippen molar-refractivity contribution in [3.8, 4) is 0 Å². The van der Waals surface area contributed by atoms with Crippen molar-refractivity contribution < 1.29 is 0 Å². The van der Waals surface area contributed by atoms with Gasteiger partial charge in [-0.25, -0.2) is 0 Å². The van der Waals surface area contributed by atoms with Crippen molar-refractivity contribution >= 4 is 16.6 Å². The first-order chi connectivity index (χ1) is 7.45. The Morgan fingerprint density at radius 2 is 2.07 bits per heavy atom. The summed E-state index contributed by atoms with van der Waals surface area (Å²) in [4.78, 5) is 0. The van der Waals surface area contributed by atoms with Gasteiger partial charge in [0.1, 0.15) is 0 Å². The fraction of sp³-hybridized carbons (Fsp3) is 0.231. The molecule has 0 saturated carbocycles. The van der Waals surface area contributed by atoms with Crippen LogP contribution in [0.25, 0.3) is 16.6 Å². The van der Waals surface area contributed by atoms with E-state index in [1.165, 1.54) is 16.6 Å². The normalized spacial score (nSPS) is 16.7. The highest BCUT2D eigenvalue weighted by atomic mass is 15.0. The molecule has 0 amide bonds. The molecule has 1 N–H and O–H groups in total. The topological polar surface area (TPSA) is 17.0 Å². The van der Waals surface area contributed by atoms with Crippen LogP contribution in [0.1, 0.15) is 6.42 Å². The van der Waals surface area contributed by atoms with Gasteiger partial charge in [0.15, 0.2) is 0 Å². The van der Waals surface area contributed by atoms with E-state index in [9.17, 15) is 0 Å². The Labute approximate surface area is 89.2 Å². The molecule has 0 aliphatic carbocycles. The lowest BCUT2D eigenvalue weighted by Gasteiger charge is -2.16. The number of rotatable bonds is 1. The molecule has 2 heterocycles. The quantitative estimate of drug-likeness (QED) is 0.745. The van der Waals surface area contributed by atoms with Crippen molar-refractivity contribution in [3.05, 3.63) is 42.6 Å². The van der Waals surface area contributed by atoms with E-state index in [2.05, 4.69) is 52.5 Å². The third kappa shape index (κ3) is 1.47. The average Bonchev–Trinajstić information content (AvgIpc) is 2.74. The van der Waals surface area contributed by atoms with Crippen LogP contribution in [0.3, 0.4) is 0 Å². The van der Waals surface area contributed by atoms with E-state index in [-0.39, 0.29) is 0 Å². The van der Waals surface area contributed by atoms with Gasteiger partial charge in [-0.15, -0.1) is 0 Å². The average molecular weight is 198 g/mol. The number of nitrogens with zero attached hydrogens (tertiary/aromatic N) is 1. The van der Waals surface area contributed by atoms with Crippen molar-refractivity contribution in [3.63, 3.8) is 0 Å². The summed E-state index contributed by atoms with van der Waals surface area (Å²) < 4.78 is 2.30. The Balaban J connectivity index is 2.14. The Bertz CT molecular complexity index is 508. The molecule has 1 aromatic carbocycles. The fourth-order valence-corrected chi connectivity index (χ4v) is 2.16. The standard InChI is InChI=1S/C13H14N2/c1-2-4-13-11(3-1)7-10-15(13)12-5-8-14-9-6-12/h1-5,7,10,14H,6,8-9H2. The fourth-order valence-electron chi connectivity index (χ4n) is 2.16. The number of para-hydroxylation sites is 1. The lowest BCUT2D eigenvalue weighted by Crippen LogP contribution is -2.21. The molecule has 1 aliphatic rings. The Morgan fingerprint density at radius 3 is 2.93 bits per heavy atom. The molecule has 1 aliphatic heterocycles. The van der Waals surface area contributed by atoms with Crippen LogP contribution in [0.5, 0.6) is 0 Å². The summed E-state index contributed by atoms with van der Waals surface area (Å²) in [6.07, 6.45) is 5.55. The van der Waals surface area contributed by atoms with Gasteiger partial charge in [0.05, 0.1) is 5.52 Å². The Kier molecular flexibility index (Phi) is 2.07. The lowest BCUT2D eigenvalue weighted by atomic mass is 10.2. The number of hydrogen-bond donors (Lipinski definition) is 1. The van der Waals surface area contributed by atoms with Gasteiger partial charge in [0.2, 0.25) is 0 Å². The van der Waals surface area contributed by atoms with E-state index >= 15 is 0 Å². The van der Waals surface area contributed by atoms with Crippen molar-refractivity contribution in [2.45, 2.75) is 6.42 Å². The zero-order valence-corrected chi connectivity index (χ0v) is 8.61. The summed E-state index contributed by atoms with van der Waals surface area (Å²) in [5.74, 6) is 0. The van der Waals surface area contributed by atoms with Crippen LogP contribution in [-0.4, -0.2) is 17.7 Å². The second-order valence-corrected chi connectivity index (χ2v) is 3.89. The number of fused-ring (bicyclic) bond motifs is 1. The van der Waals surface area contributed by atoms with E-state index in [0.717, 1.165) is 19.5 Å². The van der Waals surface area contributed by atoms with E-state index in [1.807, 2.05) is 0 Å². The predicted octanol–water partition coefficient (Wildman–Crippen LogP) is 2.48. The maximum absolute atomic E-state index is 3.33. The van der Waals surface area contributed by atoms with Crippen LogP contribution in [0.15, 0.2) is 42.6 Å². The van der Waals surface area contributed by atoms with Crippen LogP contribution in [0.4, 0.5) is 0 Å². The minimum absolute atomic E-state index is 0.988. The third-order valence-corrected chi connectivity index (χ3v) is 2.95. The van der Waals surface area contributed by atoms with Gasteiger partial charge in [-0.05, 0) is 17.5 Å². The molecule has 15 heavy (non-hydrogen) atoms. The molecular formula is C13H14N2. The van der Waals surface area contributed by atoms with Crippen LogP contribution >= 0.6 is 0 Å². The molecule has 1 aromatic heterocycles. The zero-order chi connectivity index (χ0) is 10.1. The molecule has 0 atom stereocenters. The molecule has 2 nitrogen and oxygen atoms in total. The second-order valence-electron chi connectivity index (χ2n) is 3.89. The van der Waals surface area contributed by atoms with Gasteiger partial charge in [-0.1, -0.05) is 24.3 Å². The molecule has 0 unspecified atom stereocenters. The molecule has 0 radical (unpaired) electrons. The SMILES string of the molecule is C1=C(n2ccc3ccccc32)CCNC1. The van der Waals surface area contributed by atoms with Gasteiger partial charge in [-0.3, -0.25) is 0 Å². The van der Waals surface area contributed by atoms with Gasteiger partial charge in [0.25, 0.3) is 0 Å². The Hall–Kier alpha value is -1.54. The molecule has 3 rings (SSSR count). The molecule has 0 bridgehead atoms. The predicted molar refractivity (Wildman–Crippen MR) is 63.7 cm³/mol. The first-order valence-electron chi connectivity index (χ1n) is 5.41. The van der Waals surface area contributed by atoms with Crippen LogP contribution < -0.4 is 5.32 Å². The summed E-state index contributed by atoms with van der Waals surface area (Å²) in [5, 5.41) is 4.65. The van der Waals surface area contributed by atoms with Gasteiger partial charge in [-0.2, -0.15) is 0 Å². The number of aromatic nitrogens is 1. The summed E-state index contributed by atoms with van der Waals surface area (Å²) >= 11 is 0. The number of hydrogen-bond acceptors (Lipinski definition) is 1. The van der Waals surface area contributed by atoms with Gasteiger partial charge >= 0.3 is 0 Å². The van der Waals surface area contributed by atoms with E-state index in [0.29, 0.717) is 0 Å². The summed E-state index contributed by atoms with van der Waals surface area (Å²) in [5.41, 5.74) is 2.72. The first kappa shape index (κ1) is 8.74. The monoisotopic (exact) mass is 198 g/mol. The van der Waals surface area contributed by atoms with Crippen molar-refractivity contribution in [1.29, 1.82) is 0 Å².